The number of aryl methyl sites for hydroxylation is 2. The molecule has 5 heteroatoms. The Balaban J connectivity index is 2.46. The number of rotatable bonds is 4. The summed E-state index contributed by atoms with van der Waals surface area (Å²) >= 11 is 1.40. The molecule has 0 fully saturated rings. The van der Waals surface area contributed by atoms with Gasteiger partial charge in [-0.05, 0) is 26.0 Å². The number of ether oxygens (including phenoxy) is 2. The van der Waals surface area contributed by atoms with Gasteiger partial charge in [-0.15, -0.1) is 11.3 Å². The predicted molar refractivity (Wildman–Crippen MR) is 74.6 cm³/mol. The molecule has 100 valence electrons. The maximum absolute atomic E-state index is 12.5. The van der Waals surface area contributed by atoms with Gasteiger partial charge < -0.3 is 9.47 Å². The lowest BCUT2D eigenvalue weighted by Crippen LogP contribution is -2.02. The third kappa shape index (κ3) is 2.76. The maximum atomic E-state index is 12.5. The Hall–Kier alpha value is -1.88. The Bertz CT molecular complexity index is 597. The summed E-state index contributed by atoms with van der Waals surface area (Å²) < 4.78 is 10.3. The standard InChI is InChI=1S/C14H15NO3S/c1-8-14(19-9(2)15-8)13(16)10-5-11(17-3)7-12(6-10)18-4/h5-7H,1-4H3. The molecule has 0 amide bonds. The van der Waals surface area contributed by atoms with Gasteiger partial charge in [-0.25, -0.2) is 4.98 Å². The van der Waals surface area contributed by atoms with Crippen LogP contribution < -0.4 is 9.47 Å². The molecular weight excluding hydrogens is 262 g/mol. The van der Waals surface area contributed by atoms with E-state index in [0.29, 0.717) is 21.9 Å². The lowest BCUT2D eigenvalue weighted by atomic mass is 10.1. The minimum atomic E-state index is -0.0553. The van der Waals surface area contributed by atoms with Crippen LogP contribution in [0.4, 0.5) is 0 Å². The Morgan fingerprint density at radius 3 is 2.11 bits per heavy atom. The van der Waals surface area contributed by atoms with Crippen LogP contribution in [0.2, 0.25) is 0 Å². The van der Waals surface area contributed by atoms with Gasteiger partial charge in [0, 0.05) is 11.6 Å². The van der Waals surface area contributed by atoms with Gasteiger partial charge in [0.25, 0.3) is 0 Å². The monoisotopic (exact) mass is 277 g/mol. The Morgan fingerprint density at radius 1 is 1.11 bits per heavy atom. The fourth-order valence-corrected chi connectivity index (χ4v) is 2.69. The van der Waals surface area contributed by atoms with Crippen LogP contribution in [0.5, 0.6) is 11.5 Å². The highest BCUT2D eigenvalue weighted by Gasteiger charge is 2.17. The third-order valence-corrected chi connectivity index (χ3v) is 3.80. The van der Waals surface area contributed by atoms with Gasteiger partial charge in [0.1, 0.15) is 11.5 Å². The molecule has 0 radical (unpaired) electrons. The number of methoxy groups -OCH3 is 2. The third-order valence-electron chi connectivity index (χ3n) is 2.72. The number of thiazole rings is 1. The molecule has 4 nitrogen and oxygen atoms in total. The topological polar surface area (TPSA) is 48.4 Å². The van der Waals surface area contributed by atoms with Crippen LogP contribution in [0, 0.1) is 13.8 Å². The van der Waals surface area contributed by atoms with Gasteiger partial charge in [0.15, 0.2) is 0 Å². The first-order valence-electron chi connectivity index (χ1n) is 5.77. The molecule has 19 heavy (non-hydrogen) atoms. The summed E-state index contributed by atoms with van der Waals surface area (Å²) in [5.41, 5.74) is 1.30. The molecule has 0 aliphatic carbocycles. The number of carbonyl (C=O) groups excluding carboxylic acids is 1. The van der Waals surface area contributed by atoms with Crippen molar-refractivity contribution in [2.45, 2.75) is 13.8 Å². The van der Waals surface area contributed by atoms with E-state index in [2.05, 4.69) is 4.98 Å². The van der Waals surface area contributed by atoms with Crippen molar-refractivity contribution in [3.8, 4) is 11.5 Å². The average Bonchev–Trinajstić information content (AvgIpc) is 2.76. The number of aromatic nitrogens is 1. The van der Waals surface area contributed by atoms with Crippen molar-refractivity contribution in [1.82, 2.24) is 4.98 Å². The van der Waals surface area contributed by atoms with Gasteiger partial charge in [-0.2, -0.15) is 0 Å². The van der Waals surface area contributed by atoms with Crippen LogP contribution in [-0.2, 0) is 0 Å². The van der Waals surface area contributed by atoms with E-state index in [0.717, 1.165) is 10.7 Å². The molecule has 0 aliphatic rings. The molecule has 1 aromatic heterocycles. The fourth-order valence-electron chi connectivity index (χ4n) is 1.81. The van der Waals surface area contributed by atoms with Crippen LogP contribution in [0.15, 0.2) is 18.2 Å². The second kappa shape index (κ2) is 5.40. The van der Waals surface area contributed by atoms with E-state index in [1.807, 2.05) is 13.8 Å². The van der Waals surface area contributed by atoms with Crippen molar-refractivity contribution in [2.24, 2.45) is 0 Å². The summed E-state index contributed by atoms with van der Waals surface area (Å²) in [5.74, 6) is 1.14. The van der Waals surface area contributed by atoms with Crippen molar-refractivity contribution < 1.29 is 14.3 Å². The number of ketones is 1. The molecule has 1 aromatic carbocycles. The number of nitrogens with zero attached hydrogens (tertiary/aromatic N) is 1. The van der Waals surface area contributed by atoms with E-state index < -0.39 is 0 Å². The summed E-state index contributed by atoms with van der Waals surface area (Å²) in [4.78, 5) is 17.4. The molecule has 0 atom stereocenters. The first-order valence-corrected chi connectivity index (χ1v) is 6.58. The second-order valence-electron chi connectivity index (χ2n) is 4.08. The fraction of sp³-hybridized carbons (Fsp3) is 0.286. The van der Waals surface area contributed by atoms with E-state index in [9.17, 15) is 4.79 Å². The number of hydrogen-bond donors (Lipinski definition) is 0. The molecule has 1 heterocycles. The first-order chi connectivity index (χ1) is 9.05. The van der Waals surface area contributed by atoms with Crippen LogP contribution in [0.25, 0.3) is 0 Å². The van der Waals surface area contributed by atoms with Crippen molar-refractivity contribution in [3.05, 3.63) is 39.3 Å². The number of carbonyl (C=O) groups is 1. The molecular formula is C14H15NO3S. The summed E-state index contributed by atoms with van der Waals surface area (Å²) in [6.45, 7) is 3.73. The zero-order valence-electron chi connectivity index (χ0n) is 11.3. The lowest BCUT2D eigenvalue weighted by Gasteiger charge is -2.07. The van der Waals surface area contributed by atoms with Crippen molar-refractivity contribution >= 4 is 17.1 Å². The minimum absolute atomic E-state index is 0.0553. The molecule has 0 unspecified atom stereocenters. The van der Waals surface area contributed by atoms with Gasteiger partial charge >= 0.3 is 0 Å². The molecule has 0 saturated heterocycles. The molecule has 0 aliphatic heterocycles. The van der Waals surface area contributed by atoms with Gasteiger partial charge in [0.05, 0.1) is 29.8 Å². The van der Waals surface area contributed by atoms with Crippen molar-refractivity contribution in [3.63, 3.8) is 0 Å². The zero-order chi connectivity index (χ0) is 14.0. The molecule has 0 saturated carbocycles. The molecule has 0 bridgehead atoms. The van der Waals surface area contributed by atoms with Crippen LogP contribution in [0.1, 0.15) is 25.9 Å². The number of hydrogen-bond acceptors (Lipinski definition) is 5. The molecule has 2 aromatic rings. The first kappa shape index (κ1) is 13.5. The summed E-state index contributed by atoms with van der Waals surface area (Å²) in [6.07, 6.45) is 0. The maximum Gasteiger partial charge on any atom is 0.205 e. The van der Waals surface area contributed by atoms with Crippen molar-refractivity contribution in [2.75, 3.05) is 14.2 Å². The highest BCUT2D eigenvalue weighted by Crippen LogP contribution is 2.27. The predicted octanol–water partition coefficient (Wildman–Crippen LogP) is 3.01. The minimum Gasteiger partial charge on any atom is -0.497 e. The van der Waals surface area contributed by atoms with E-state index in [1.54, 1.807) is 32.4 Å². The van der Waals surface area contributed by atoms with Crippen LogP contribution in [-0.4, -0.2) is 25.0 Å². The second-order valence-corrected chi connectivity index (χ2v) is 5.28. The Morgan fingerprint density at radius 2 is 1.68 bits per heavy atom. The molecule has 0 N–H and O–H groups in total. The van der Waals surface area contributed by atoms with E-state index in [-0.39, 0.29) is 5.78 Å². The van der Waals surface area contributed by atoms with E-state index >= 15 is 0 Å². The van der Waals surface area contributed by atoms with Crippen molar-refractivity contribution in [1.29, 1.82) is 0 Å². The number of benzene rings is 1. The molecule has 0 spiro atoms. The zero-order valence-corrected chi connectivity index (χ0v) is 12.1. The van der Waals surface area contributed by atoms with Crippen LogP contribution in [0.3, 0.4) is 0 Å². The highest BCUT2D eigenvalue weighted by atomic mass is 32.1. The van der Waals surface area contributed by atoms with Gasteiger partial charge in [0.2, 0.25) is 5.78 Å². The average molecular weight is 277 g/mol. The smallest absolute Gasteiger partial charge is 0.205 e. The Labute approximate surface area is 116 Å². The largest absolute Gasteiger partial charge is 0.497 e. The van der Waals surface area contributed by atoms with E-state index in [4.69, 9.17) is 9.47 Å². The Kier molecular flexibility index (Phi) is 3.85. The van der Waals surface area contributed by atoms with Gasteiger partial charge in [-0.3, -0.25) is 4.79 Å². The van der Waals surface area contributed by atoms with Gasteiger partial charge in [-0.1, -0.05) is 0 Å². The highest BCUT2D eigenvalue weighted by molar-refractivity contribution is 7.14. The van der Waals surface area contributed by atoms with Crippen LogP contribution >= 0.6 is 11.3 Å². The lowest BCUT2D eigenvalue weighted by molar-refractivity contribution is 0.104. The van der Waals surface area contributed by atoms with E-state index in [1.165, 1.54) is 11.3 Å². The quantitative estimate of drug-likeness (QED) is 0.806. The molecule has 2 rings (SSSR count). The summed E-state index contributed by atoms with van der Waals surface area (Å²) in [7, 11) is 3.12. The summed E-state index contributed by atoms with van der Waals surface area (Å²) in [6, 6.07) is 5.15. The SMILES string of the molecule is COc1cc(OC)cc(C(=O)c2sc(C)nc2C)c1. The summed E-state index contributed by atoms with van der Waals surface area (Å²) in [5, 5.41) is 0.885. The normalized spacial score (nSPS) is 10.3.